The van der Waals surface area contributed by atoms with Gasteiger partial charge in [-0.25, -0.2) is 0 Å². The van der Waals surface area contributed by atoms with Gasteiger partial charge < -0.3 is 14.7 Å². The lowest BCUT2D eigenvalue weighted by Gasteiger charge is -2.10. The minimum absolute atomic E-state index is 0.202. The van der Waals surface area contributed by atoms with E-state index in [-0.39, 0.29) is 5.56 Å². The molecule has 0 bridgehead atoms. The van der Waals surface area contributed by atoms with Crippen LogP contribution in [0.15, 0.2) is 70.7 Å². The monoisotopic (exact) mass is 424 g/mol. The van der Waals surface area contributed by atoms with E-state index < -0.39 is 39.4 Å². The molecule has 0 aliphatic carbocycles. The zero-order chi connectivity index (χ0) is 18.9. The van der Waals surface area contributed by atoms with Crippen LogP contribution in [0.25, 0.3) is 0 Å². The van der Waals surface area contributed by atoms with Crippen molar-refractivity contribution >= 4 is 31.8 Å². The third-order valence-corrected chi connectivity index (χ3v) is 4.99. The molecule has 0 saturated carbocycles. The van der Waals surface area contributed by atoms with Crippen molar-refractivity contribution in [3.05, 3.63) is 81.8 Å². The average Bonchev–Trinajstić information content (AvgIpc) is 2.80. The Bertz CT molecular complexity index is 976. The summed E-state index contributed by atoms with van der Waals surface area (Å²) in [7, 11) is -4.15. The highest BCUT2D eigenvalue weighted by molar-refractivity contribution is 9.10. The average molecular weight is 425 g/mol. The second-order valence-electron chi connectivity index (χ2n) is 5.23. The van der Waals surface area contributed by atoms with Crippen LogP contribution < -0.4 is 5.73 Å². The summed E-state index contributed by atoms with van der Waals surface area (Å²) in [4.78, 5) is 12.6. The standard InChI is InChI=1S/C17H14BrNO5S/c18-13-8-6-12(7-9-13)15-14(20)16(17(19)23-15)24-25(21,22)10-11-4-2-1-3-5-11/h1-9,15H,10,19H2/i15D. The van der Waals surface area contributed by atoms with Crippen molar-refractivity contribution in [3.8, 4) is 0 Å². The number of hydrogen-bond acceptors (Lipinski definition) is 6. The number of Topliss-reactive ketones (excluding diaryl/α,β-unsaturated/α-hetero) is 1. The van der Waals surface area contributed by atoms with E-state index in [4.69, 9.17) is 16.0 Å². The van der Waals surface area contributed by atoms with Gasteiger partial charge in [-0.15, -0.1) is 0 Å². The van der Waals surface area contributed by atoms with Crippen LogP contribution in [0, 0.1) is 0 Å². The Hall–Kier alpha value is -2.32. The van der Waals surface area contributed by atoms with Gasteiger partial charge in [-0.1, -0.05) is 58.4 Å². The number of ketones is 1. The number of rotatable bonds is 5. The number of hydrogen-bond donors (Lipinski definition) is 1. The lowest BCUT2D eigenvalue weighted by Crippen LogP contribution is -2.16. The van der Waals surface area contributed by atoms with Gasteiger partial charge in [-0.2, -0.15) is 8.42 Å². The van der Waals surface area contributed by atoms with E-state index >= 15 is 0 Å². The zero-order valence-corrected chi connectivity index (χ0v) is 15.2. The maximum Gasteiger partial charge on any atom is 0.313 e. The normalized spacial score (nSPS) is 21.0. The predicted molar refractivity (Wildman–Crippen MR) is 94.3 cm³/mol. The summed E-state index contributed by atoms with van der Waals surface area (Å²) >= 11 is 3.26. The number of halogens is 1. The molecule has 0 spiro atoms. The number of carbonyl (C=O) groups is 1. The van der Waals surface area contributed by atoms with Crippen molar-refractivity contribution in [2.24, 2.45) is 5.73 Å². The Kier molecular flexibility index (Phi) is 4.46. The minimum Gasteiger partial charge on any atom is -0.460 e. The van der Waals surface area contributed by atoms with E-state index in [2.05, 4.69) is 15.9 Å². The zero-order valence-electron chi connectivity index (χ0n) is 13.8. The summed E-state index contributed by atoms with van der Waals surface area (Å²) in [6.45, 7) is 0. The molecular weight excluding hydrogens is 410 g/mol. The molecule has 2 N–H and O–H groups in total. The first-order valence-electron chi connectivity index (χ1n) is 7.67. The Balaban J connectivity index is 1.83. The summed E-state index contributed by atoms with van der Waals surface area (Å²) in [6, 6.07) is 14.6. The predicted octanol–water partition coefficient (Wildman–Crippen LogP) is 2.76. The van der Waals surface area contributed by atoms with E-state index in [1.165, 1.54) is 12.1 Å². The molecule has 3 rings (SSSR count). The van der Waals surface area contributed by atoms with Crippen LogP contribution in [0.4, 0.5) is 0 Å². The van der Waals surface area contributed by atoms with Crippen molar-refractivity contribution < 1.29 is 23.5 Å². The maximum atomic E-state index is 12.6. The van der Waals surface area contributed by atoms with Crippen molar-refractivity contribution in [1.29, 1.82) is 0 Å². The van der Waals surface area contributed by atoms with E-state index in [1.807, 2.05) is 0 Å². The third kappa shape index (κ3) is 4.02. The number of nitrogens with two attached hydrogens (primary N) is 1. The molecule has 6 nitrogen and oxygen atoms in total. The van der Waals surface area contributed by atoms with Gasteiger partial charge in [-0.3, -0.25) is 4.79 Å². The Labute approximate surface area is 154 Å². The highest BCUT2D eigenvalue weighted by Gasteiger charge is 2.39. The van der Waals surface area contributed by atoms with Gasteiger partial charge in [0.2, 0.25) is 17.4 Å². The molecule has 0 saturated heterocycles. The summed E-state index contributed by atoms with van der Waals surface area (Å²) in [6.07, 6.45) is -2.19. The van der Waals surface area contributed by atoms with Crippen LogP contribution in [-0.4, -0.2) is 14.2 Å². The van der Waals surface area contributed by atoms with Crippen LogP contribution in [0.1, 0.15) is 18.6 Å². The fraction of sp³-hybridized carbons (Fsp3) is 0.118. The highest BCUT2D eigenvalue weighted by atomic mass is 79.9. The molecule has 1 atom stereocenters. The smallest absolute Gasteiger partial charge is 0.313 e. The molecule has 2 aromatic rings. The molecule has 130 valence electrons. The maximum absolute atomic E-state index is 12.6. The van der Waals surface area contributed by atoms with Gasteiger partial charge >= 0.3 is 10.1 Å². The Morgan fingerprint density at radius 3 is 2.44 bits per heavy atom. The first kappa shape index (κ1) is 16.2. The van der Waals surface area contributed by atoms with Crippen LogP contribution >= 0.6 is 15.9 Å². The summed E-state index contributed by atoms with van der Waals surface area (Å²) < 4.78 is 43.6. The summed E-state index contributed by atoms with van der Waals surface area (Å²) in [5.41, 5.74) is 6.32. The van der Waals surface area contributed by atoms with Gasteiger partial charge in [0.15, 0.2) is 6.08 Å². The molecule has 0 aromatic heterocycles. The number of benzene rings is 2. The summed E-state index contributed by atoms with van der Waals surface area (Å²) in [5, 5.41) is 0. The fourth-order valence-corrected chi connectivity index (χ4v) is 3.56. The Morgan fingerprint density at radius 2 is 1.80 bits per heavy atom. The molecule has 2 aromatic carbocycles. The Morgan fingerprint density at radius 1 is 1.16 bits per heavy atom. The highest BCUT2D eigenvalue weighted by Crippen LogP contribution is 2.33. The second-order valence-corrected chi connectivity index (χ2v) is 7.72. The topological polar surface area (TPSA) is 95.7 Å². The van der Waals surface area contributed by atoms with E-state index in [9.17, 15) is 13.2 Å². The first-order chi connectivity index (χ1) is 12.2. The molecule has 0 amide bonds. The third-order valence-electron chi connectivity index (χ3n) is 3.35. The van der Waals surface area contributed by atoms with Gasteiger partial charge in [0.05, 0.1) is 1.37 Å². The lowest BCUT2D eigenvalue weighted by molar-refractivity contribution is -0.123. The van der Waals surface area contributed by atoms with E-state index in [1.54, 1.807) is 42.5 Å². The molecule has 0 radical (unpaired) electrons. The van der Waals surface area contributed by atoms with Crippen LogP contribution in [0.5, 0.6) is 0 Å². The largest absolute Gasteiger partial charge is 0.460 e. The van der Waals surface area contributed by atoms with Crippen molar-refractivity contribution in [3.63, 3.8) is 0 Å². The number of carbonyl (C=O) groups excluding carboxylic acids is 1. The molecule has 8 heteroatoms. The SMILES string of the molecule is [2H]C1(c2ccc(Br)cc2)OC(N)=C(OS(=O)(=O)Cc2ccccc2)C1=O. The molecule has 1 unspecified atom stereocenters. The molecular formula is C17H14BrNO5S. The molecule has 1 aliphatic rings. The van der Waals surface area contributed by atoms with Crippen molar-refractivity contribution in [1.82, 2.24) is 0 Å². The first-order valence-corrected chi connectivity index (χ1v) is 9.54. The molecule has 25 heavy (non-hydrogen) atoms. The minimum atomic E-state index is -4.15. The van der Waals surface area contributed by atoms with Crippen molar-refractivity contribution in [2.75, 3.05) is 0 Å². The quantitative estimate of drug-likeness (QED) is 0.741. The van der Waals surface area contributed by atoms with Gasteiger partial charge in [0.25, 0.3) is 0 Å². The van der Waals surface area contributed by atoms with E-state index in [0.717, 1.165) is 4.47 Å². The molecule has 1 heterocycles. The van der Waals surface area contributed by atoms with Gasteiger partial charge in [0.1, 0.15) is 5.75 Å². The van der Waals surface area contributed by atoms with Crippen molar-refractivity contribution in [2.45, 2.75) is 11.8 Å². The second kappa shape index (κ2) is 6.89. The molecule has 0 fully saturated rings. The molecule has 1 aliphatic heterocycles. The lowest BCUT2D eigenvalue weighted by atomic mass is 10.1. The van der Waals surface area contributed by atoms with Crippen LogP contribution in [-0.2, 0) is 29.6 Å². The van der Waals surface area contributed by atoms with E-state index in [0.29, 0.717) is 5.56 Å². The number of ether oxygens (including phenoxy) is 1. The summed E-state index contributed by atoms with van der Waals surface area (Å²) in [5.74, 6) is -2.64. The fourth-order valence-electron chi connectivity index (χ4n) is 2.22. The van der Waals surface area contributed by atoms with Crippen LogP contribution in [0.3, 0.4) is 0 Å². The van der Waals surface area contributed by atoms with Gasteiger partial charge in [-0.05, 0) is 17.7 Å². The van der Waals surface area contributed by atoms with Crippen LogP contribution in [0.2, 0.25) is 0 Å². The van der Waals surface area contributed by atoms with Gasteiger partial charge in [0, 0.05) is 10.0 Å².